The number of benzene rings is 1. The van der Waals surface area contributed by atoms with E-state index in [-0.39, 0.29) is 4.47 Å². The quantitative estimate of drug-likeness (QED) is 0.635. The van der Waals surface area contributed by atoms with Crippen LogP contribution in [0.2, 0.25) is 0 Å². The molecule has 0 aliphatic carbocycles. The van der Waals surface area contributed by atoms with Crippen LogP contribution >= 0.6 is 15.9 Å². The molecule has 0 saturated heterocycles. The first-order valence-electron chi connectivity index (χ1n) is 5.82. The lowest BCUT2D eigenvalue weighted by Crippen LogP contribution is -2.24. The van der Waals surface area contributed by atoms with Gasteiger partial charge in [0.05, 0.1) is 5.56 Å². The van der Waals surface area contributed by atoms with Crippen LogP contribution in [0.15, 0.2) is 21.4 Å². The van der Waals surface area contributed by atoms with Gasteiger partial charge in [0, 0.05) is 10.0 Å². The van der Waals surface area contributed by atoms with E-state index in [0.29, 0.717) is 0 Å². The molecule has 0 atom stereocenters. The maximum Gasteiger partial charge on any atom is 0.342 e. The summed E-state index contributed by atoms with van der Waals surface area (Å²) in [6, 6.07) is 1.60. The van der Waals surface area contributed by atoms with Gasteiger partial charge >= 0.3 is 11.9 Å². The minimum absolute atomic E-state index is 0.00260. The smallest absolute Gasteiger partial charge is 0.342 e. The van der Waals surface area contributed by atoms with E-state index in [4.69, 9.17) is 10.8 Å². The molecule has 23 heavy (non-hydrogen) atoms. The van der Waals surface area contributed by atoms with Gasteiger partial charge in [0.2, 0.25) is 0 Å². The molecule has 0 unspecified atom stereocenters. The summed E-state index contributed by atoms with van der Waals surface area (Å²) >= 11 is 2.84. The second-order valence-electron chi connectivity index (χ2n) is 4.35. The Bertz CT molecular complexity index is 887. The van der Waals surface area contributed by atoms with Crippen LogP contribution in [0.3, 0.4) is 0 Å². The van der Waals surface area contributed by atoms with Gasteiger partial charge in [0.1, 0.15) is 28.6 Å². The average molecular weight is 389 g/mol. The third-order valence-electron chi connectivity index (χ3n) is 2.93. The van der Waals surface area contributed by atoms with Crippen molar-refractivity contribution in [1.29, 1.82) is 0 Å². The van der Waals surface area contributed by atoms with E-state index in [0.717, 1.165) is 12.1 Å². The number of anilines is 1. The highest BCUT2D eigenvalue weighted by Gasteiger charge is 2.30. The molecule has 1 aromatic heterocycles. The zero-order chi connectivity index (χ0) is 17.5. The third-order valence-corrected chi connectivity index (χ3v) is 3.39. The van der Waals surface area contributed by atoms with E-state index in [1.165, 1.54) is 0 Å². The lowest BCUT2D eigenvalue weighted by atomic mass is 9.94. The predicted octanol–water partition coefficient (Wildman–Crippen LogP) is 2.06. The summed E-state index contributed by atoms with van der Waals surface area (Å²) in [5.41, 5.74) is 0.145. The molecular formula is C13H7BrF2N2O5. The van der Waals surface area contributed by atoms with Gasteiger partial charge in [-0.2, -0.15) is 0 Å². The monoisotopic (exact) mass is 388 g/mol. The maximum absolute atomic E-state index is 14.1. The number of aromatic nitrogens is 1. The highest BCUT2D eigenvalue weighted by atomic mass is 79.9. The lowest BCUT2D eigenvalue weighted by molar-refractivity contribution is 0.0695. The summed E-state index contributed by atoms with van der Waals surface area (Å²) in [6.07, 6.45) is 0. The van der Waals surface area contributed by atoms with Crippen LogP contribution in [0, 0.1) is 11.6 Å². The number of rotatable bonds is 3. The number of nitrogen functional groups attached to an aromatic ring is 1. The van der Waals surface area contributed by atoms with Crippen molar-refractivity contribution in [3.63, 3.8) is 0 Å². The molecule has 0 radical (unpaired) electrons. The van der Waals surface area contributed by atoms with Crippen molar-refractivity contribution in [2.24, 2.45) is 0 Å². The molecule has 1 heterocycles. The number of carbonyl (C=O) groups is 2. The molecule has 0 aliphatic rings. The molecular weight excluding hydrogens is 382 g/mol. The van der Waals surface area contributed by atoms with Crippen molar-refractivity contribution in [3.8, 4) is 11.1 Å². The molecule has 0 fully saturated rings. The van der Waals surface area contributed by atoms with Gasteiger partial charge in [-0.1, -0.05) is 15.9 Å². The molecule has 0 saturated carbocycles. The summed E-state index contributed by atoms with van der Waals surface area (Å²) in [5, 5.41) is 18.3. The second-order valence-corrected chi connectivity index (χ2v) is 5.26. The van der Waals surface area contributed by atoms with Crippen molar-refractivity contribution in [1.82, 2.24) is 4.98 Å². The zero-order valence-corrected chi connectivity index (χ0v) is 12.6. The summed E-state index contributed by atoms with van der Waals surface area (Å²) < 4.78 is 28.3. The number of pyridine rings is 1. The van der Waals surface area contributed by atoms with Crippen molar-refractivity contribution in [2.75, 3.05) is 5.73 Å². The summed E-state index contributed by atoms with van der Waals surface area (Å²) in [4.78, 5) is 36.2. The number of carboxylic acids is 2. The lowest BCUT2D eigenvalue weighted by Gasteiger charge is -2.13. The van der Waals surface area contributed by atoms with Gasteiger partial charge in [0.15, 0.2) is 0 Å². The first kappa shape index (κ1) is 16.6. The molecule has 5 N–H and O–H groups in total. The first-order chi connectivity index (χ1) is 10.6. The van der Waals surface area contributed by atoms with E-state index in [1.807, 2.05) is 4.98 Å². The summed E-state index contributed by atoms with van der Waals surface area (Å²) in [5.74, 6) is -6.84. The normalized spacial score (nSPS) is 10.6. The van der Waals surface area contributed by atoms with Crippen LogP contribution in [0.1, 0.15) is 20.7 Å². The predicted molar refractivity (Wildman–Crippen MR) is 78.4 cm³/mol. The molecule has 0 bridgehead atoms. The van der Waals surface area contributed by atoms with Gasteiger partial charge in [-0.3, -0.25) is 4.79 Å². The molecule has 2 rings (SSSR count). The fourth-order valence-corrected chi connectivity index (χ4v) is 2.48. The maximum atomic E-state index is 14.1. The Kier molecular flexibility index (Phi) is 4.19. The molecule has 0 spiro atoms. The van der Waals surface area contributed by atoms with E-state index >= 15 is 0 Å². The SMILES string of the molecule is Nc1[nH]c(=O)c(C(=O)O)c(-c2c(F)cc(Br)cc2F)c1C(=O)O. The van der Waals surface area contributed by atoms with E-state index < -0.39 is 57.2 Å². The van der Waals surface area contributed by atoms with E-state index in [1.54, 1.807) is 0 Å². The number of hydrogen-bond donors (Lipinski definition) is 4. The van der Waals surface area contributed by atoms with Gasteiger partial charge in [0.25, 0.3) is 5.56 Å². The molecule has 2 aromatic rings. The van der Waals surface area contributed by atoms with Crippen LogP contribution < -0.4 is 11.3 Å². The van der Waals surface area contributed by atoms with Gasteiger partial charge < -0.3 is 20.9 Å². The topological polar surface area (TPSA) is 133 Å². The minimum Gasteiger partial charge on any atom is -0.478 e. The van der Waals surface area contributed by atoms with Crippen LogP contribution in [-0.2, 0) is 0 Å². The number of carboxylic acid groups (broad SMARTS) is 2. The second kappa shape index (κ2) is 5.80. The Morgan fingerprint density at radius 1 is 1.04 bits per heavy atom. The van der Waals surface area contributed by atoms with E-state index in [2.05, 4.69) is 15.9 Å². The number of aromatic carboxylic acids is 2. The van der Waals surface area contributed by atoms with Crippen LogP contribution in [-0.4, -0.2) is 27.1 Å². The fraction of sp³-hybridized carbons (Fsp3) is 0. The van der Waals surface area contributed by atoms with Crippen LogP contribution in [0.4, 0.5) is 14.6 Å². The molecule has 120 valence electrons. The number of hydrogen-bond acceptors (Lipinski definition) is 4. The highest BCUT2D eigenvalue weighted by molar-refractivity contribution is 9.10. The van der Waals surface area contributed by atoms with Gasteiger partial charge in [-0.25, -0.2) is 18.4 Å². The zero-order valence-electron chi connectivity index (χ0n) is 11.0. The Labute approximate surface area is 134 Å². The number of halogens is 3. The van der Waals surface area contributed by atoms with E-state index in [9.17, 15) is 28.3 Å². The fourth-order valence-electron chi connectivity index (χ4n) is 2.08. The largest absolute Gasteiger partial charge is 0.478 e. The molecule has 0 aliphatic heterocycles. The summed E-state index contributed by atoms with van der Waals surface area (Å²) in [6.45, 7) is 0. The molecule has 10 heteroatoms. The van der Waals surface area contributed by atoms with Gasteiger partial charge in [-0.05, 0) is 12.1 Å². The van der Waals surface area contributed by atoms with Crippen molar-refractivity contribution < 1.29 is 28.6 Å². The number of H-pyrrole nitrogens is 1. The Balaban J connectivity index is 3.10. The minimum atomic E-state index is -1.86. The van der Waals surface area contributed by atoms with Crippen molar-refractivity contribution in [3.05, 3.63) is 49.7 Å². The first-order valence-corrected chi connectivity index (χ1v) is 6.61. The summed E-state index contributed by atoms with van der Waals surface area (Å²) in [7, 11) is 0. The number of aromatic amines is 1. The Morgan fingerprint density at radius 2 is 1.52 bits per heavy atom. The van der Waals surface area contributed by atoms with Crippen molar-refractivity contribution in [2.45, 2.75) is 0 Å². The molecule has 0 amide bonds. The standard InChI is InChI=1S/C13H7BrF2N2O5/c14-3-1-4(15)6(5(16)2-3)7-8(12(20)21)10(17)18-11(19)9(7)13(22)23/h1-2H,(H,20,21)(H,22,23)(H3,17,18,19). The Hall–Kier alpha value is -2.75. The number of nitrogens with two attached hydrogens (primary N) is 1. The van der Waals surface area contributed by atoms with Gasteiger partial charge in [-0.15, -0.1) is 0 Å². The highest BCUT2D eigenvalue weighted by Crippen LogP contribution is 2.34. The third kappa shape index (κ3) is 2.80. The van der Waals surface area contributed by atoms with Crippen molar-refractivity contribution >= 4 is 33.7 Å². The Morgan fingerprint density at radius 3 is 1.96 bits per heavy atom. The molecule has 7 nitrogen and oxygen atoms in total. The average Bonchev–Trinajstić information content (AvgIpc) is 2.35. The van der Waals surface area contributed by atoms with Crippen LogP contribution in [0.25, 0.3) is 11.1 Å². The molecule has 1 aromatic carbocycles. The number of nitrogens with one attached hydrogen (secondary N) is 1. The van der Waals surface area contributed by atoms with Crippen LogP contribution in [0.5, 0.6) is 0 Å².